The standard InChI is InChI=1S/C51H92O6/c1-4-7-10-13-16-19-22-23-24-25-26-27-28-30-32-35-38-41-44-50(53)56-47-48(46-55-49(52)43-40-37-34-31-21-18-15-12-9-6-3)57-51(54)45-42-39-36-33-29-20-17-14-11-8-5-2/h14,17,24-27,48H,4-13,15-16,18-23,28-47H2,1-3H3/b17-14-,25-24-,27-26-. The van der Waals surface area contributed by atoms with Gasteiger partial charge < -0.3 is 14.2 Å². The van der Waals surface area contributed by atoms with Crippen LogP contribution in [0.1, 0.15) is 252 Å². The van der Waals surface area contributed by atoms with Gasteiger partial charge >= 0.3 is 17.9 Å². The molecule has 0 saturated heterocycles. The van der Waals surface area contributed by atoms with Crippen molar-refractivity contribution < 1.29 is 28.6 Å². The molecule has 0 aliphatic rings. The molecule has 0 heterocycles. The first-order valence-corrected chi connectivity index (χ1v) is 24.5. The zero-order valence-electron chi connectivity index (χ0n) is 37.9. The van der Waals surface area contributed by atoms with Gasteiger partial charge in [-0.1, -0.05) is 205 Å². The van der Waals surface area contributed by atoms with Crippen LogP contribution in [0.25, 0.3) is 0 Å². The van der Waals surface area contributed by atoms with Gasteiger partial charge in [-0.15, -0.1) is 0 Å². The van der Waals surface area contributed by atoms with Gasteiger partial charge in [0.25, 0.3) is 0 Å². The lowest BCUT2D eigenvalue weighted by atomic mass is 10.1. The summed E-state index contributed by atoms with van der Waals surface area (Å²) in [7, 11) is 0. The number of allylic oxidation sites excluding steroid dienone is 6. The van der Waals surface area contributed by atoms with E-state index in [1.54, 1.807) is 0 Å². The average Bonchev–Trinajstić information content (AvgIpc) is 3.21. The molecule has 6 nitrogen and oxygen atoms in total. The second kappa shape index (κ2) is 46.3. The minimum absolute atomic E-state index is 0.0786. The smallest absolute Gasteiger partial charge is 0.306 e. The minimum Gasteiger partial charge on any atom is -0.462 e. The lowest BCUT2D eigenvalue weighted by Crippen LogP contribution is -2.30. The van der Waals surface area contributed by atoms with E-state index in [0.717, 1.165) is 89.9 Å². The molecule has 0 spiro atoms. The van der Waals surface area contributed by atoms with Gasteiger partial charge in [0.1, 0.15) is 13.2 Å². The van der Waals surface area contributed by atoms with Gasteiger partial charge in [-0.05, 0) is 64.2 Å². The highest BCUT2D eigenvalue weighted by Gasteiger charge is 2.19. The molecule has 0 radical (unpaired) electrons. The second-order valence-electron chi connectivity index (χ2n) is 16.4. The fraction of sp³-hybridized carbons (Fsp3) is 0.824. The lowest BCUT2D eigenvalue weighted by molar-refractivity contribution is -0.167. The van der Waals surface area contributed by atoms with Crippen LogP contribution in [0.4, 0.5) is 0 Å². The van der Waals surface area contributed by atoms with Crippen LogP contribution in [0.2, 0.25) is 0 Å². The first-order chi connectivity index (χ1) is 28.0. The molecule has 0 saturated carbocycles. The van der Waals surface area contributed by atoms with Gasteiger partial charge in [-0.2, -0.15) is 0 Å². The third-order valence-electron chi connectivity index (χ3n) is 10.6. The molecule has 332 valence electrons. The molecule has 1 unspecified atom stereocenters. The summed E-state index contributed by atoms with van der Waals surface area (Å²) in [4.78, 5) is 37.8. The Bertz CT molecular complexity index is 969. The van der Waals surface area contributed by atoms with E-state index in [1.807, 2.05) is 0 Å². The van der Waals surface area contributed by atoms with Crippen LogP contribution < -0.4 is 0 Å². The maximum Gasteiger partial charge on any atom is 0.306 e. The number of carbonyl (C=O) groups excluding carboxylic acids is 3. The van der Waals surface area contributed by atoms with Crippen LogP contribution in [-0.2, 0) is 28.6 Å². The Kier molecular flexibility index (Phi) is 44.4. The molecule has 0 aliphatic heterocycles. The van der Waals surface area contributed by atoms with Crippen molar-refractivity contribution in [3.05, 3.63) is 36.5 Å². The number of carbonyl (C=O) groups is 3. The summed E-state index contributed by atoms with van der Waals surface area (Å²) in [6, 6.07) is 0. The van der Waals surface area contributed by atoms with Crippen molar-refractivity contribution in [1.82, 2.24) is 0 Å². The molecule has 57 heavy (non-hydrogen) atoms. The van der Waals surface area contributed by atoms with Crippen LogP contribution in [0.5, 0.6) is 0 Å². The maximum atomic E-state index is 12.7. The van der Waals surface area contributed by atoms with Crippen LogP contribution in [-0.4, -0.2) is 37.2 Å². The molecule has 0 rings (SSSR count). The van der Waals surface area contributed by atoms with Gasteiger partial charge in [0.15, 0.2) is 6.10 Å². The van der Waals surface area contributed by atoms with E-state index < -0.39 is 6.10 Å². The molecule has 0 aromatic carbocycles. The van der Waals surface area contributed by atoms with E-state index in [4.69, 9.17) is 14.2 Å². The zero-order valence-corrected chi connectivity index (χ0v) is 37.9. The number of rotatable bonds is 44. The van der Waals surface area contributed by atoms with Crippen LogP contribution >= 0.6 is 0 Å². The third-order valence-corrected chi connectivity index (χ3v) is 10.6. The highest BCUT2D eigenvalue weighted by molar-refractivity contribution is 5.71. The summed E-state index contributed by atoms with van der Waals surface area (Å²) >= 11 is 0. The Morgan fingerprint density at radius 3 is 1.04 bits per heavy atom. The van der Waals surface area contributed by atoms with E-state index in [2.05, 4.69) is 57.2 Å². The van der Waals surface area contributed by atoms with Crippen LogP contribution in [0.3, 0.4) is 0 Å². The molecule has 0 aromatic heterocycles. The molecular weight excluding hydrogens is 709 g/mol. The number of hydrogen-bond acceptors (Lipinski definition) is 6. The maximum absolute atomic E-state index is 12.7. The number of unbranched alkanes of at least 4 members (excludes halogenated alkanes) is 28. The SMILES string of the molecule is CCCC/C=C\CCCCCCCC(=O)OC(COC(=O)CCCCCCC/C=C\C=C/CCCCCCCCC)COC(=O)CCCCCCCCCCCC. The molecule has 0 amide bonds. The quantitative estimate of drug-likeness (QED) is 0.0201. The normalized spacial score (nSPS) is 12.3. The van der Waals surface area contributed by atoms with Crippen molar-refractivity contribution in [3.63, 3.8) is 0 Å². The van der Waals surface area contributed by atoms with Crippen molar-refractivity contribution in [2.24, 2.45) is 0 Å². The average molecular weight is 801 g/mol. The number of hydrogen-bond donors (Lipinski definition) is 0. The summed E-state index contributed by atoms with van der Waals surface area (Å²) in [6.45, 7) is 6.57. The van der Waals surface area contributed by atoms with Gasteiger partial charge in [0, 0.05) is 19.3 Å². The molecule has 0 bridgehead atoms. The van der Waals surface area contributed by atoms with Crippen molar-refractivity contribution in [2.75, 3.05) is 13.2 Å². The van der Waals surface area contributed by atoms with Crippen molar-refractivity contribution in [2.45, 2.75) is 258 Å². The first-order valence-electron chi connectivity index (χ1n) is 24.5. The molecular formula is C51H92O6. The van der Waals surface area contributed by atoms with Gasteiger partial charge in [-0.3, -0.25) is 14.4 Å². The summed E-state index contributed by atoms with van der Waals surface area (Å²) in [6.07, 6.45) is 52.7. The van der Waals surface area contributed by atoms with Crippen LogP contribution in [0.15, 0.2) is 36.5 Å². The van der Waals surface area contributed by atoms with Gasteiger partial charge in [-0.25, -0.2) is 0 Å². The molecule has 0 fully saturated rings. The van der Waals surface area contributed by atoms with E-state index in [-0.39, 0.29) is 31.1 Å². The van der Waals surface area contributed by atoms with Crippen molar-refractivity contribution in [3.8, 4) is 0 Å². The highest BCUT2D eigenvalue weighted by Crippen LogP contribution is 2.14. The zero-order chi connectivity index (χ0) is 41.5. The van der Waals surface area contributed by atoms with Crippen LogP contribution in [0, 0.1) is 0 Å². The number of esters is 3. The fourth-order valence-electron chi connectivity index (χ4n) is 6.88. The van der Waals surface area contributed by atoms with E-state index in [0.29, 0.717) is 19.3 Å². The first kappa shape index (κ1) is 54.6. The Balaban J connectivity index is 4.33. The fourth-order valence-corrected chi connectivity index (χ4v) is 6.88. The van der Waals surface area contributed by atoms with Gasteiger partial charge in [0.05, 0.1) is 0 Å². The second-order valence-corrected chi connectivity index (χ2v) is 16.4. The van der Waals surface area contributed by atoms with Gasteiger partial charge in [0.2, 0.25) is 0 Å². The number of ether oxygens (including phenoxy) is 3. The summed E-state index contributed by atoms with van der Waals surface area (Å²) in [5.74, 6) is -0.901. The minimum atomic E-state index is -0.777. The molecule has 0 aliphatic carbocycles. The van der Waals surface area contributed by atoms with Crippen molar-refractivity contribution in [1.29, 1.82) is 0 Å². The van der Waals surface area contributed by atoms with E-state index in [9.17, 15) is 14.4 Å². The summed E-state index contributed by atoms with van der Waals surface area (Å²) < 4.78 is 16.7. The van der Waals surface area contributed by atoms with E-state index >= 15 is 0 Å². The summed E-state index contributed by atoms with van der Waals surface area (Å²) in [5, 5.41) is 0. The Morgan fingerprint density at radius 1 is 0.351 bits per heavy atom. The molecule has 1 atom stereocenters. The van der Waals surface area contributed by atoms with E-state index in [1.165, 1.54) is 122 Å². The molecule has 0 N–H and O–H groups in total. The Hall–Kier alpha value is -2.37. The Labute approximate surface area is 353 Å². The topological polar surface area (TPSA) is 78.9 Å². The van der Waals surface area contributed by atoms with Crippen molar-refractivity contribution >= 4 is 17.9 Å². The monoisotopic (exact) mass is 801 g/mol. The predicted molar refractivity (Wildman–Crippen MR) is 242 cm³/mol. The largest absolute Gasteiger partial charge is 0.462 e. The highest BCUT2D eigenvalue weighted by atomic mass is 16.6. The predicted octanol–water partition coefficient (Wildman–Crippen LogP) is 15.8. The summed E-state index contributed by atoms with van der Waals surface area (Å²) in [5.41, 5.74) is 0. The third kappa shape index (κ3) is 44.6. The Morgan fingerprint density at radius 2 is 0.649 bits per heavy atom. The molecule has 0 aromatic rings. The lowest BCUT2D eigenvalue weighted by Gasteiger charge is -2.18. The molecule has 6 heteroatoms.